The first kappa shape index (κ1) is 23.7. The number of ether oxygens (including phenoxy) is 2. The average molecular weight is 586 g/mol. The second-order valence-corrected chi connectivity index (χ2v) is 8.95. The Morgan fingerprint density at radius 1 is 0.941 bits per heavy atom. The number of carbonyl (C=O) groups is 3. The average Bonchev–Trinajstić information content (AvgIpc) is 2.82. The second-order valence-electron chi connectivity index (χ2n) is 7.24. The molecule has 1 saturated heterocycles. The molecule has 3 aromatic carbocycles. The lowest BCUT2D eigenvalue weighted by Gasteiger charge is -2.26. The van der Waals surface area contributed by atoms with E-state index in [0.29, 0.717) is 38.3 Å². The number of barbiturate groups is 1. The fourth-order valence-corrected chi connectivity index (χ4v) is 4.77. The zero-order valence-electron chi connectivity index (χ0n) is 17.9. The van der Waals surface area contributed by atoms with Gasteiger partial charge in [-0.3, -0.25) is 14.9 Å². The summed E-state index contributed by atoms with van der Waals surface area (Å²) in [7, 11) is 1.52. The number of nitrogens with zero attached hydrogens (tertiary/aromatic N) is 1. The molecule has 7 nitrogen and oxygen atoms in total. The molecule has 0 radical (unpaired) electrons. The van der Waals surface area contributed by atoms with Gasteiger partial charge < -0.3 is 9.47 Å². The number of benzene rings is 3. The van der Waals surface area contributed by atoms with E-state index in [-0.39, 0.29) is 5.57 Å². The Morgan fingerprint density at radius 2 is 1.59 bits per heavy atom. The molecule has 4 amide bonds. The molecule has 9 heteroatoms. The van der Waals surface area contributed by atoms with Gasteiger partial charge in [0.1, 0.15) is 23.7 Å². The summed E-state index contributed by atoms with van der Waals surface area (Å²) >= 11 is 6.98. The molecular formula is C25H18Br2N2O5. The molecule has 172 valence electrons. The quantitative estimate of drug-likeness (QED) is 0.306. The van der Waals surface area contributed by atoms with Gasteiger partial charge in [0.05, 0.1) is 21.7 Å². The summed E-state index contributed by atoms with van der Waals surface area (Å²) < 4.78 is 12.3. The van der Waals surface area contributed by atoms with Gasteiger partial charge >= 0.3 is 6.03 Å². The number of hydrogen-bond acceptors (Lipinski definition) is 5. The highest BCUT2D eigenvalue weighted by molar-refractivity contribution is 9.11. The van der Waals surface area contributed by atoms with Crippen LogP contribution in [0.5, 0.6) is 11.5 Å². The van der Waals surface area contributed by atoms with Crippen molar-refractivity contribution < 1.29 is 23.9 Å². The first-order valence-corrected chi connectivity index (χ1v) is 11.7. The van der Waals surface area contributed by atoms with Crippen LogP contribution >= 0.6 is 31.9 Å². The van der Waals surface area contributed by atoms with E-state index in [4.69, 9.17) is 9.47 Å². The molecule has 0 aliphatic carbocycles. The Labute approximate surface area is 212 Å². The van der Waals surface area contributed by atoms with Crippen molar-refractivity contribution in [3.63, 3.8) is 0 Å². The molecule has 4 rings (SSSR count). The molecule has 0 atom stereocenters. The van der Waals surface area contributed by atoms with Gasteiger partial charge in [0.2, 0.25) is 0 Å². The summed E-state index contributed by atoms with van der Waals surface area (Å²) in [5.41, 5.74) is 1.72. The maximum absolute atomic E-state index is 13.1. The van der Waals surface area contributed by atoms with Gasteiger partial charge in [-0.1, -0.05) is 30.3 Å². The van der Waals surface area contributed by atoms with Gasteiger partial charge in [-0.15, -0.1) is 0 Å². The normalized spacial score (nSPS) is 14.9. The van der Waals surface area contributed by atoms with Crippen LogP contribution in [0.1, 0.15) is 11.1 Å². The van der Waals surface area contributed by atoms with Gasteiger partial charge in [0, 0.05) is 0 Å². The van der Waals surface area contributed by atoms with Crippen LogP contribution in [0.25, 0.3) is 6.08 Å². The van der Waals surface area contributed by atoms with Crippen LogP contribution in [0.2, 0.25) is 0 Å². The van der Waals surface area contributed by atoms with Gasteiger partial charge in [-0.05, 0) is 85.5 Å². The van der Waals surface area contributed by atoms with Crippen molar-refractivity contribution in [1.29, 1.82) is 0 Å². The minimum Gasteiger partial charge on any atom is -0.497 e. The molecular weight excluding hydrogens is 568 g/mol. The number of nitrogens with one attached hydrogen (secondary N) is 1. The number of urea groups is 1. The van der Waals surface area contributed by atoms with E-state index in [1.54, 1.807) is 36.4 Å². The highest BCUT2D eigenvalue weighted by Gasteiger charge is 2.36. The van der Waals surface area contributed by atoms with Crippen LogP contribution in [-0.4, -0.2) is 25.0 Å². The Hall–Kier alpha value is -3.43. The molecule has 1 fully saturated rings. The van der Waals surface area contributed by atoms with Crippen molar-refractivity contribution >= 4 is 61.5 Å². The predicted molar refractivity (Wildman–Crippen MR) is 135 cm³/mol. The minimum atomic E-state index is -0.815. The first-order valence-electron chi connectivity index (χ1n) is 10.1. The van der Waals surface area contributed by atoms with Gasteiger partial charge in [0.25, 0.3) is 11.8 Å². The van der Waals surface area contributed by atoms with E-state index < -0.39 is 17.8 Å². The Bertz CT molecular complexity index is 1270. The maximum atomic E-state index is 13.1. The molecule has 1 N–H and O–H groups in total. The third kappa shape index (κ3) is 5.05. The summed E-state index contributed by atoms with van der Waals surface area (Å²) in [4.78, 5) is 38.9. The zero-order valence-corrected chi connectivity index (χ0v) is 21.1. The van der Waals surface area contributed by atoms with Crippen LogP contribution in [0.15, 0.2) is 81.2 Å². The van der Waals surface area contributed by atoms with Crippen molar-refractivity contribution in [3.8, 4) is 11.5 Å². The molecule has 0 spiro atoms. The van der Waals surface area contributed by atoms with Gasteiger partial charge in [0.15, 0.2) is 0 Å². The highest BCUT2D eigenvalue weighted by atomic mass is 79.9. The van der Waals surface area contributed by atoms with Crippen LogP contribution in [-0.2, 0) is 16.2 Å². The number of imide groups is 2. The van der Waals surface area contributed by atoms with Crippen molar-refractivity contribution in [2.75, 3.05) is 12.0 Å². The molecule has 34 heavy (non-hydrogen) atoms. The third-order valence-electron chi connectivity index (χ3n) is 4.99. The maximum Gasteiger partial charge on any atom is 0.335 e. The van der Waals surface area contributed by atoms with Crippen LogP contribution in [0.3, 0.4) is 0 Å². The smallest absolute Gasteiger partial charge is 0.335 e. The zero-order chi connectivity index (χ0) is 24.2. The lowest BCUT2D eigenvalue weighted by Crippen LogP contribution is -2.54. The highest BCUT2D eigenvalue weighted by Crippen LogP contribution is 2.36. The largest absolute Gasteiger partial charge is 0.497 e. The minimum absolute atomic E-state index is 0.174. The summed E-state index contributed by atoms with van der Waals surface area (Å²) in [6.45, 7) is 0.373. The SMILES string of the molecule is COc1ccc(N2C(=O)NC(=O)/C(=C\c3cc(Br)c(OCc4ccccc4)c(Br)c3)C2=O)cc1. The Balaban J connectivity index is 1.60. The van der Waals surface area contributed by atoms with Gasteiger partial charge in [-0.25, -0.2) is 9.69 Å². The van der Waals surface area contributed by atoms with E-state index in [2.05, 4.69) is 37.2 Å². The van der Waals surface area contributed by atoms with Crippen LogP contribution in [0.4, 0.5) is 10.5 Å². The van der Waals surface area contributed by atoms with Crippen molar-refractivity contribution in [3.05, 3.63) is 92.4 Å². The molecule has 0 saturated carbocycles. The van der Waals surface area contributed by atoms with E-state index in [1.807, 2.05) is 30.3 Å². The number of amides is 4. The lowest BCUT2D eigenvalue weighted by molar-refractivity contribution is -0.122. The standard InChI is InChI=1S/C25H18Br2N2O5/c1-33-18-9-7-17(8-10-18)29-24(31)19(23(30)28-25(29)32)11-16-12-20(26)22(21(27)13-16)34-14-15-5-3-2-4-6-15/h2-13H,14H2,1H3,(H,28,30,32)/b19-11+. The monoisotopic (exact) mass is 584 g/mol. The fraction of sp³-hybridized carbons (Fsp3) is 0.0800. The number of rotatable bonds is 6. The van der Waals surface area contributed by atoms with Crippen LogP contribution in [0, 0.1) is 0 Å². The summed E-state index contributed by atoms with van der Waals surface area (Å²) in [5, 5.41) is 2.22. The Kier molecular flexibility index (Phi) is 7.14. The number of hydrogen-bond donors (Lipinski definition) is 1. The van der Waals surface area contributed by atoms with Crippen molar-refractivity contribution in [2.24, 2.45) is 0 Å². The number of carbonyl (C=O) groups excluding carboxylic acids is 3. The molecule has 3 aromatic rings. The van der Waals surface area contributed by atoms with E-state index in [1.165, 1.54) is 13.2 Å². The number of halogens is 2. The lowest BCUT2D eigenvalue weighted by atomic mass is 10.1. The van der Waals surface area contributed by atoms with E-state index in [0.717, 1.165) is 10.5 Å². The molecule has 0 aromatic heterocycles. The third-order valence-corrected chi connectivity index (χ3v) is 6.17. The molecule has 1 aliphatic rings. The predicted octanol–water partition coefficient (Wildman–Crippen LogP) is 5.47. The topological polar surface area (TPSA) is 84.9 Å². The van der Waals surface area contributed by atoms with Gasteiger partial charge in [-0.2, -0.15) is 0 Å². The summed E-state index contributed by atoms with van der Waals surface area (Å²) in [5.74, 6) is -0.336. The second kappa shape index (κ2) is 10.2. The Morgan fingerprint density at radius 3 is 2.21 bits per heavy atom. The number of anilines is 1. The van der Waals surface area contributed by atoms with Crippen molar-refractivity contribution in [1.82, 2.24) is 5.32 Å². The summed E-state index contributed by atoms with van der Waals surface area (Å²) in [6, 6.07) is 18.7. The molecule has 1 aliphatic heterocycles. The first-order chi connectivity index (χ1) is 16.4. The molecule has 0 unspecified atom stereocenters. The number of methoxy groups -OCH3 is 1. The summed E-state index contributed by atoms with van der Waals surface area (Å²) in [6.07, 6.45) is 1.43. The van der Waals surface area contributed by atoms with E-state index in [9.17, 15) is 14.4 Å². The van der Waals surface area contributed by atoms with E-state index >= 15 is 0 Å². The fourth-order valence-electron chi connectivity index (χ4n) is 3.32. The van der Waals surface area contributed by atoms with Crippen molar-refractivity contribution in [2.45, 2.75) is 6.61 Å². The molecule has 0 bridgehead atoms. The van der Waals surface area contributed by atoms with Crippen LogP contribution < -0.4 is 19.7 Å². The molecule has 1 heterocycles.